The van der Waals surface area contributed by atoms with E-state index in [-0.39, 0.29) is 38.9 Å². The number of carbonyl (C=O) groups excluding carboxylic acids is 2. The predicted octanol–water partition coefficient (Wildman–Crippen LogP) is 5.94. The van der Waals surface area contributed by atoms with Gasteiger partial charge in [-0.2, -0.15) is 0 Å². The second-order valence-electron chi connectivity index (χ2n) is 12.4. The molecule has 2 heterocycles. The van der Waals surface area contributed by atoms with Crippen LogP contribution in [0.15, 0.2) is 35.1 Å². The van der Waals surface area contributed by atoms with E-state index in [0.717, 1.165) is 18.5 Å². The molecule has 1 saturated heterocycles. The lowest BCUT2D eigenvalue weighted by Crippen LogP contribution is -2.51. The Balaban J connectivity index is 1.83. The van der Waals surface area contributed by atoms with Gasteiger partial charge in [-0.25, -0.2) is 4.98 Å². The third kappa shape index (κ3) is 7.33. The van der Waals surface area contributed by atoms with E-state index in [2.05, 4.69) is 58.9 Å². The molecule has 4 N–H and O–H groups in total. The molecule has 1 fully saturated rings. The van der Waals surface area contributed by atoms with Gasteiger partial charge in [-0.05, 0) is 75.5 Å². The molecule has 0 spiro atoms. The van der Waals surface area contributed by atoms with Gasteiger partial charge in [-0.3, -0.25) is 9.59 Å². The zero-order chi connectivity index (χ0) is 29.3. The van der Waals surface area contributed by atoms with Crippen LogP contribution in [0.25, 0.3) is 5.57 Å². The molecule has 1 aromatic rings. The fourth-order valence-electron chi connectivity index (χ4n) is 5.80. The Labute approximate surface area is 251 Å². The molecule has 0 radical (unpaired) electrons. The van der Waals surface area contributed by atoms with Crippen LogP contribution in [-0.2, 0) is 9.59 Å². The number of rotatable bonds is 9. The number of thiazole rings is 1. The standard InChI is InChI=1S/C30H45IN4O3S/c1-9-30(8)13-20(26-19(5)33-16-39-26)10-11-22(30)18(4)34-27(37)23-12-21(31)15-35(23)28(38)25(17(2)3)24(36)14-29(6,7)32/h10-11,14,16-18,21,23,25,36H,9,12-13,15,32H2,1-8H3,(H,34,37)/b24-14-/t18?,21?,23-,25+,30+/m0/s1. The third-order valence-electron chi connectivity index (χ3n) is 7.99. The summed E-state index contributed by atoms with van der Waals surface area (Å²) in [5.41, 5.74) is 10.7. The van der Waals surface area contributed by atoms with E-state index in [9.17, 15) is 14.7 Å². The minimum atomic E-state index is -0.757. The minimum absolute atomic E-state index is 0.0308. The van der Waals surface area contributed by atoms with E-state index in [0.29, 0.717) is 13.0 Å². The zero-order valence-electron chi connectivity index (χ0n) is 24.5. The molecular weight excluding hydrogens is 623 g/mol. The van der Waals surface area contributed by atoms with Gasteiger partial charge in [0.15, 0.2) is 0 Å². The average Bonchev–Trinajstić information content (AvgIpc) is 3.42. The van der Waals surface area contributed by atoms with Gasteiger partial charge in [0.25, 0.3) is 0 Å². The number of likely N-dealkylation sites (tertiary alicyclic amines) is 1. The summed E-state index contributed by atoms with van der Waals surface area (Å²) in [4.78, 5) is 34.8. The number of allylic oxidation sites excluding steroid dienone is 3. The van der Waals surface area contributed by atoms with Gasteiger partial charge in [0.2, 0.25) is 11.8 Å². The Kier molecular flexibility index (Phi) is 10.1. The predicted molar refractivity (Wildman–Crippen MR) is 169 cm³/mol. The lowest BCUT2D eigenvalue weighted by molar-refractivity contribution is -0.142. The first-order chi connectivity index (χ1) is 18.1. The minimum Gasteiger partial charge on any atom is -0.512 e. The number of nitrogens with zero attached hydrogens (tertiary/aromatic N) is 2. The molecular formula is C30H45IN4O3S. The molecule has 1 aliphatic heterocycles. The number of aromatic nitrogens is 1. The zero-order valence-corrected chi connectivity index (χ0v) is 27.5. The monoisotopic (exact) mass is 668 g/mol. The molecule has 0 bridgehead atoms. The van der Waals surface area contributed by atoms with Crippen LogP contribution in [0.5, 0.6) is 0 Å². The van der Waals surface area contributed by atoms with E-state index in [1.54, 1.807) is 36.2 Å². The molecule has 1 aromatic heterocycles. The fourth-order valence-corrected chi connectivity index (χ4v) is 7.54. The summed E-state index contributed by atoms with van der Waals surface area (Å²) in [5, 5.41) is 14.1. The van der Waals surface area contributed by atoms with Gasteiger partial charge in [0.05, 0.1) is 22.0 Å². The molecule has 0 aromatic carbocycles. The van der Waals surface area contributed by atoms with Crippen molar-refractivity contribution >= 4 is 51.3 Å². The summed E-state index contributed by atoms with van der Waals surface area (Å²) in [5.74, 6) is -1.29. The molecule has 39 heavy (non-hydrogen) atoms. The van der Waals surface area contributed by atoms with Crippen LogP contribution in [0.1, 0.15) is 78.3 Å². The van der Waals surface area contributed by atoms with E-state index in [1.165, 1.54) is 16.0 Å². The number of nitrogens with two attached hydrogens (primary N) is 1. The number of alkyl halides is 1. The highest BCUT2D eigenvalue weighted by Crippen LogP contribution is 2.46. The van der Waals surface area contributed by atoms with Crippen LogP contribution in [-0.4, -0.2) is 54.9 Å². The Morgan fingerprint density at radius 2 is 2.03 bits per heavy atom. The number of nitrogens with one attached hydrogen (secondary N) is 1. The second-order valence-corrected chi connectivity index (χ2v) is 15.0. The van der Waals surface area contributed by atoms with Gasteiger partial charge in [-0.15, -0.1) is 11.3 Å². The second kappa shape index (κ2) is 12.4. The van der Waals surface area contributed by atoms with Crippen LogP contribution >= 0.6 is 33.9 Å². The lowest BCUT2D eigenvalue weighted by Gasteiger charge is -2.39. The van der Waals surface area contributed by atoms with Crippen molar-refractivity contribution in [2.75, 3.05) is 6.54 Å². The van der Waals surface area contributed by atoms with Gasteiger partial charge >= 0.3 is 0 Å². The molecule has 2 unspecified atom stereocenters. The molecule has 0 saturated carbocycles. The smallest absolute Gasteiger partial charge is 0.243 e. The maximum atomic E-state index is 13.8. The maximum Gasteiger partial charge on any atom is 0.243 e. The summed E-state index contributed by atoms with van der Waals surface area (Å²) in [6, 6.07) is -0.759. The van der Waals surface area contributed by atoms with Crippen molar-refractivity contribution in [3.05, 3.63) is 45.6 Å². The topological polar surface area (TPSA) is 109 Å². The summed E-state index contributed by atoms with van der Waals surface area (Å²) in [7, 11) is 0. The van der Waals surface area contributed by atoms with E-state index in [1.807, 2.05) is 33.2 Å². The largest absolute Gasteiger partial charge is 0.512 e. The summed E-state index contributed by atoms with van der Waals surface area (Å²) in [6.07, 6.45) is 8.29. The van der Waals surface area contributed by atoms with Gasteiger partial charge in [0.1, 0.15) is 11.8 Å². The molecule has 2 aliphatic rings. The Hall–Kier alpha value is -1.72. The Morgan fingerprint density at radius 1 is 1.36 bits per heavy atom. The van der Waals surface area contributed by atoms with E-state index < -0.39 is 17.5 Å². The van der Waals surface area contributed by atoms with Crippen LogP contribution in [0, 0.1) is 24.2 Å². The molecule has 216 valence electrons. The molecule has 3 rings (SSSR count). The van der Waals surface area contributed by atoms with Crippen molar-refractivity contribution < 1.29 is 14.7 Å². The SMILES string of the molecule is CC[C@]1(C)CC(c2scnc2C)=CC=C1C(C)NC(=O)[C@@H]1CC(I)CN1C(=O)[C@@H](/C(O)=C/C(C)(C)N)C(C)C. The quantitative estimate of drug-likeness (QED) is 0.172. The van der Waals surface area contributed by atoms with E-state index in [4.69, 9.17) is 5.73 Å². The highest BCUT2D eigenvalue weighted by molar-refractivity contribution is 14.1. The number of carbonyl (C=O) groups is 2. The van der Waals surface area contributed by atoms with Crippen molar-refractivity contribution in [1.29, 1.82) is 0 Å². The number of aryl methyl sites for hydroxylation is 1. The van der Waals surface area contributed by atoms with Crippen LogP contribution in [0.2, 0.25) is 0 Å². The number of halogens is 1. The average molecular weight is 669 g/mol. The van der Waals surface area contributed by atoms with Crippen LogP contribution in [0.3, 0.4) is 0 Å². The highest BCUT2D eigenvalue weighted by Gasteiger charge is 2.44. The number of amides is 2. The van der Waals surface area contributed by atoms with Crippen molar-refractivity contribution in [3.63, 3.8) is 0 Å². The molecule has 7 nitrogen and oxygen atoms in total. The van der Waals surface area contributed by atoms with E-state index >= 15 is 0 Å². The molecule has 9 heteroatoms. The van der Waals surface area contributed by atoms with Crippen LogP contribution in [0.4, 0.5) is 0 Å². The summed E-state index contributed by atoms with van der Waals surface area (Å²) < 4.78 is 0.158. The summed E-state index contributed by atoms with van der Waals surface area (Å²) >= 11 is 3.98. The Morgan fingerprint density at radius 3 is 2.56 bits per heavy atom. The van der Waals surface area contributed by atoms with Gasteiger partial charge in [-0.1, -0.05) is 62.4 Å². The van der Waals surface area contributed by atoms with Crippen molar-refractivity contribution in [2.24, 2.45) is 23.0 Å². The van der Waals surface area contributed by atoms with Crippen LogP contribution < -0.4 is 11.1 Å². The third-order valence-corrected chi connectivity index (χ3v) is 9.90. The molecule has 5 atom stereocenters. The molecule has 1 aliphatic carbocycles. The maximum absolute atomic E-state index is 13.8. The normalized spacial score (nSPS) is 25.8. The fraction of sp³-hybridized carbons (Fsp3) is 0.633. The molecule has 2 amide bonds. The number of hydrogen-bond acceptors (Lipinski definition) is 6. The summed E-state index contributed by atoms with van der Waals surface area (Å²) in [6.45, 7) is 16.4. The first kappa shape index (κ1) is 31.8. The van der Waals surface area contributed by atoms with Gasteiger partial charge in [0, 0.05) is 22.1 Å². The number of hydrogen-bond donors (Lipinski definition) is 3. The first-order valence-electron chi connectivity index (χ1n) is 13.8. The Bertz CT molecular complexity index is 1170. The lowest BCUT2D eigenvalue weighted by atomic mass is 9.69. The van der Waals surface area contributed by atoms with Crippen molar-refractivity contribution in [2.45, 2.75) is 96.2 Å². The first-order valence-corrected chi connectivity index (χ1v) is 16.0. The van der Waals surface area contributed by atoms with Gasteiger partial charge < -0.3 is 21.1 Å². The van der Waals surface area contributed by atoms with Crippen molar-refractivity contribution in [1.82, 2.24) is 15.2 Å². The van der Waals surface area contributed by atoms with Crippen molar-refractivity contribution in [3.8, 4) is 0 Å². The number of aliphatic hydroxyl groups is 1. The highest BCUT2D eigenvalue weighted by atomic mass is 127. The number of aliphatic hydroxyl groups excluding tert-OH is 1.